The highest BCUT2D eigenvalue weighted by Crippen LogP contribution is 2.11. The van der Waals surface area contributed by atoms with Gasteiger partial charge in [-0.3, -0.25) is 14.4 Å². The summed E-state index contributed by atoms with van der Waals surface area (Å²) in [4.78, 5) is 34.6. The Morgan fingerprint density at radius 1 is 1.18 bits per heavy atom. The van der Waals surface area contributed by atoms with Gasteiger partial charge in [-0.25, -0.2) is 0 Å². The molecule has 0 spiro atoms. The molecule has 0 aliphatic rings. The van der Waals surface area contributed by atoms with Crippen LogP contribution in [0.15, 0.2) is 24.3 Å². The van der Waals surface area contributed by atoms with Crippen LogP contribution >= 0.6 is 0 Å². The molecular formula is C14H20N4O4. The van der Waals surface area contributed by atoms with Crippen molar-refractivity contribution in [3.05, 3.63) is 29.8 Å². The molecule has 0 fully saturated rings. The Hall–Kier alpha value is -2.61. The Kier molecular flexibility index (Phi) is 6.33. The van der Waals surface area contributed by atoms with E-state index in [2.05, 4.69) is 10.6 Å². The standard InChI is InChI=1S/C14H20N4O4/c1-8(13(16)21)17-14(22)11(18-12(20)7-15)6-9-2-4-10(19)5-3-9/h2-5,8,11,19H,6-7,15H2,1H3,(H2,16,21)(H,17,22)(H,18,20)/t8-,11-/m0/s1. The molecular weight excluding hydrogens is 288 g/mol. The van der Waals surface area contributed by atoms with Crippen molar-refractivity contribution in [2.24, 2.45) is 11.5 Å². The highest BCUT2D eigenvalue weighted by atomic mass is 16.3. The lowest BCUT2D eigenvalue weighted by atomic mass is 10.0. The Balaban J connectivity index is 2.82. The quantitative estimate of drug-likeness (QED) is 0.410. The first-order valence-electron chi connectivity index (χ1n) is 6.70. The number of primary amides is 1. The molecule has 0 bridgehead atoms. The lowest BCUT2D eigenvalue weighted by molar-refractivity contribution is -0.130. The van der Waals surface area contributed by atoms with Crippen LogP contribution in [0.25, 0.3) is 0 Å². The molecule has 0 unspecified atom stereocenters. The topological polar surface area (TPSA) is 148 Å². The fraction of sp³-hybridized carbons (Fsp3) is 0.357. The monoisotopic (exact) mass is 308 g/mol. The SMILES string of the molecule is C[C@H](NC(=O)[C@H](Cc1ccc(O)cc1)NC(=O)CN)C(N)=O. The summed E-state index contributed by atoms with van der Waals surface area (Å²) < 4.78 is 0. The zero-order valence-corrected chi connectivity index (χ0v) is 12.2. The minimum atomic E-state index is -0.901. The maximum Gasteiger partial charge on any atom is 0.243 e. The van der Waals surface area contributed by atoms with Gasteiger partial charge in [0.2, 0.25) is 17.7 Å². The number of benzene rings is 1. The van der Waals surface area contributed by atoms with E-state index in [9.17, 15) is 19.5 Å². The van der Waals surface area contributed by atoms with Crippen molar-refractivity contribution in [3.63, 3.8) is 0 Å². The zero-order valence-electron chi connectivity index (χ0n) is 12.2. The largest absolute Gasteiger partial charge is 0.508 e. The Morgan fingerprint density at radius 3 is 2.27 bits per heavy atom. The highest BCUT2D eigenvalue weighted by molar-refractivity contribution is 5.91. The number of aromatic hydroxyl groups is 1. The lowest BCUT2D eigenvalue weighted by Crippen LogP contribution is -2.53. The van der Waals surface area contributed by atoms with Gasteiger partial charge < -0.3 is 27.2 Å². The number of hydrogen-bond acceptors (Lipinski definition) is 5. The van der Waals surface area contributed by atoms with Gasteiger partial charge in [-0.15, -0.1) is 0 Å². The average molecular weight is 308 g/mol. The molecule has 22 heavy (non-hydrogen) atoms. The molecule has 0 saturated carbocycles. The van der Waals surface area contributed by atoms with Gasteiger partial charge in [0, 0.05) is 6.42 Å². The molecule has 8 heteroatoms. The molecule has 0 aliphatic heterocycles. The van der Waals surface area contributed by atoms with Crippen LogP contribution in [0.2, 0.25) is 0 Å². The van der Waals surface area contributed by atoms with Crippen molar-refractivity contribution in [2.45, 2.75) is 25.4 Å². The molecule has 7 N–H and O–H groups in total. The third kappa shape index (κ3) is 5.41. The number of phenols is 1. The maximum atomic E-state index is 12.2. The smallest absolute Gasteiger partial charge is 0.243 e. The average Bonchev–Trinajstić information content (AvgIpc) is 2.48. The summed E-state index contributed by atoms with van der Waals surface area (Å²) in [5.41, 5.74) is 11.0. The van der Waals surface area contributed by atoms with Gasteiger partial charge in [0.05, 0.1) is 6.54 Å². The predicted molar refractivity (Wildman–Crippen MR) is 79.6 cm³/mol. The molecule has 8 nitrogen and oxygen atoms in total. The number of nitrogens with two attached hydrogens (primary N) is 2. The van der Waals surface area contributed by atoms with Gasteiger partial charge in [-0.1, -0.05) is 12.1 Å². The molecule has 1 rings (SSSR count). The van der Waals surface area contributed by atoms with E-state index in [1.165, 1.54) is 19.1 Å². The number of rotatable bonds is 7. The third-order valence-electron chi connectivity index (χ3n) is 3.00. The van der Waals surface area contributed by atoms with Crippen LogP contribution in [0.5, 0.6) is 5.75 Å². The number of carbonyl (C=O) groups is 3. The van der Waals surface area contributed by atoms with Crippen LogP contribution < -0.4 is 22.1 Å². The molecule has 2 atom stereocenters. The summed E-state index contributed by atoms with van der Waals surface area (Å²) in [7, 11) is 0. The van der Waals surface area contributed by atoms with Gasteiger partial charge in [0.25, 0.3) is 0 Å². The zero-order chi connectivity index (χ0) is 16.7. The van der Waals surface area contributed by atoms with Gasteiger partial charge in [0.15, 0.2) is 0 Å². The van der Waals surface area contributed by atoms with E-state index in [-0.39, 0.29) is 18.7 Å². The van der Waals surface area contributed by atoms with Crippen LogP contribution in [-0.2, 0) is 20.8 Å². The van der Waals surface area contributed by atoms with Gasteiger partial charge >= 0.3 is 0 Å². The fourth-order valence-electron chi connectivity index (χ4n) is 1.72. The Bertz CT molecular complexity index is 544. The molecule has 0 radical (unpaired) electrons. The second kappa shape index (κ2) is 7.99. The Morgan fingerprint density at radius 2 is 1.77 bits per heavy atom. The summed E-state index contributed by atoms with van der Waals surface area (Å²) >= 11 is 0. The first-order valence-corrected chi connectivity index (χ1v) is 6.70. The number of phenolic OH excluding ortho intramolecular Hbond substituents is 1. The van der Waals surface area contributed by atoms with Gasteiger partial charge in [0.1, 0.15) is 17.8 Å². The summed E-state index contributed by atoms with van der Waals surface area (Å²) in [6.07, 6.45) is 0.184. The van der Waals surface area contributed by atoms with Crippen molar-refractivity contribution in [1.82, 2.24) is 10.6 Å². The van der Waals surface area contributed by atoms with E-state index >= 15 is 0 Å². The summed E-state index contributed by atoms with van der Waals surface area (Å²) in [5.74, 6) is -1.62. The molecule has 120 valence electrons. The second-order valence-corrected chi connectivity index (χ2v) is 4.83. The van der Waals surface area contributed by atoms with E-state index in [1.807, 2.05) is 0 Å². The molecule has 0 saturated heterocycles. The normalized spacial score (nSPS) is 13.0. The maximum absolute atomic E-state index is 12.2. The molecule has 0 aliphatic carbocycles. The van der Waals surface area contributed by atoms with Crippen molar-refractivity contribution in [1.29, 1.82) is 0 Å². The van der Waals surface area contributed by atoms with Gasteiger partial charge in [-0.2, -0.15) is 0 Å². The molecule has 1 aromatic rings. The lowest BCUT2D eigenvalue weighted by Gasteiger charge is -2.20. The predicted octanol–water partition coefficient (Wildman–Crippen LogP) is -1.63. The van der Waals surface area contributed by atoms with Crippen LogP contribution in [0.4, 0.5) is 0 Å². The van der Waals surface area contributed by atoms with Crippen LogP contribution in [0, 0.1) is 0 Å². The second-order valence-electron chi connectivity index (χ2n) is 4.83. The summed E-state index contributed by atoms with van der Waals surface area (Å²) in [6, 6.07) is 4.44. The molecule has 3 amide bonds. The molecule has 1 aromatic carbocycles. The first kappa shape index (κ1) is 17.4. The number of carbonyl (C=O) groups excluding carboxylic acids is 3. The van der Waals surface area contributed by atoms with Crippen LogP contribution in [-0.4, -0.2) is 41.5 Å². The van der Waals surface area contributed by atoms with Crippen molar-refractivity contribution >= 4 is 17.7 Å². The van der Waals surface area contributed by atoms with Crippen molar-refractivity contribution in [2.75, 3.05) is 6.54 Å². The van der Waals surface area contributed by atoms with E-state index in [1.54, 1.807) is 12.1 Å². The number of amides is 3. The fourth-order valence-corrected chi connectivity index (χ4v) is 1.72. The first-order chi connectivity index (χ1) is 10.3. The molecule has 0 aromatic heterocycles. The van der Waals surface area contributed by atoms with Crippen LogP contribution in [0.1, 0.15) is 12.5 Å². The minimum Gasteiger partial charge on any atom is -0.508 e. The summed E-state index contributed by atoms with van der Waals surface area (Å²) in [5, 5.41) is 14.2. The summed E-state index contributed by atoms with van der Waals surface area (Å²) in [6.45, 7) is 1.19. The number of hydrogen-bond donors (Lipinski definition) is 5. The van der Waals surface area contributed by atoms with Crippen molar-refractivity contribution < 1.29 is 19.5 Å². The Labute approximate surface area is 127 Å². The van der Waals surface area contributed by atoms with Gasteiger partial charge in [-0.05, 0) is 24.6 Å². The van der Waals surface area contributed by atoms with E-state index in [0.717, 1.165) is 5.56 Å². The van der Waals surface area contributed by atoms with Crippen molar-refractivity contribution in [3.8, 4) is 5.75 Å². The number of nitrogens with one attached hydrogen (secondary N) is 2. The third-order valence-corrected chi connectivity index (χ3v) is 3.00. The van der Waals surface area contributed by atoms with E-state index in [4.69, 9.17) is 11.5 Å². The van der Waals surface area contributed by atoms with Crippen LogP contribution in [0.3, 0.4) is 0 Å². The molecule has 0 heterocycles. The van der Waals surface area contributed by atoms with E-state index < -0.39 is 29.8 Å². The minimum absolute atomic E-state index is 0.0955. The highest BCUT2D eigenvalue weighted by Gasteiger charge is 2.23. The van der Waals surface area contributed by atoms with E-state index in [0.29, 0.717) is 0 Å².